The number of aromatic amines is 1. The van der Waals surface area contributed by atoms with Gasteiger partial charge in [0.1, 0.15) is 0 Å². The highest BCUT2D eigenvalue weighted by Crippen LogP contribution is 2.17. The summed E-state index contributed by atoms with van der Waals surface area (Å²) < 4.78 is 1.96. The van der Waals surface area contributed by atoms with E-state index in [9.17, 15) is 9.59 Å². The van der Waals surface area contributed by atoms with Gasteiger partial charge in [-0.05, 0) is 66.9 Å². The number of carbonyl (C=O) groups is 2. The van der Waals surface area contributed by atoms with Gasteiger partial charge < -0.3 is 15.2 Å². The zero-order valence-corrected chi connectivity index (χ0v) is 18.8. The second-order valence-corrected chi connectivity index (χ2v) is 7.70. The van der Waals surface area contributed by atoms with Crippen molar-refractivity contribution >= 4 is 11.8 Å². The van der Waals surface area contributed by atoms with Crippen molar-refractivity contribution in [3.8, 4) is 17.5 Å². The lowest BCUT2D eigenvalue weighted by atomic mass is 10.1. The van der Waals surface area contributed by atoms with Crippen molar-refractivity contribution in [1.29, 1.82) is 0 Å². The molecule has 34 heavy (non-hydrogen) atoms. The maximum atomic E-state index is 12.8. The fourth-order valence-electron chi connectivity index (χ4n) is 3.53. The van der Waals surface area contributed by atoms with Crippen molar-refractivity contribution in [2.75, 3.05) is 13.6 Å². The molecule has 7 heteroatoms. The number of hydrogen-bond donors (Lipinski definition) is 3. The zero-order chi connectivity index (χ0) is 23.8. The van der Waals surface area contributed by atoms with E-state index >= 15 is 0 Å². The maximum absolute atomic E-state index is 12.8. The van der Waals surface area contributed by atoms with Gasteiger partial charge >= 0.3 is 0 Å². The third kappa shape index (κ3) is 5.61. The predicted octanol–water partition coefficient (Wildman–Crippen LogP) is 3.32. The van der Waals surface area contributed by atoms with Crippen LogP contribution in [0.5, 0.6) is 0 Å². The second kappa shape index (κ2) is 10.8. The average molecular weight is 452 g/mol. The number of amides is 2. The van der Waals surface area contributed by atoms with Gasteiger partial charge in [-0.15, -0.1) is 0 Å². The first-order valence-electron chi connectivity index (χ1n) is 11.0. The molecule has 4 rings (SSSR count). The van der Waals surface area contributed by atoms with Crippen molar-refractivity contribution < 1.29 is 9.59 Å². The van der Waals surface area contributed by atoms with E-state index in [0.717, 1.165) is 24.1 Å². The molecule has 2 aromatic carbocycles. The molecule has 7 nitrogen and oxygen atoms in total. The van der Waals surface area contributed by atoms with E-state index in [4.69, 9.17) is 0 Å². The summed E-state index contributed by atoms with van der Waals surface area (Å²) in [5.74, 6) is 6.02. The van der Waals surface area contributed by atoms with Crippen LogP contribution >= 0.6 is 0 Å². The molecule has 0 aliphatic heterocycles. The summed E-state index contributed by atoms with van der Waals surface area (Å²) >= 11 is 0. The normalized spacial score (nSPS) is 10.3. The Morgan fingerprint density at radius 2 is 1.82 bits per heavy atom. The third-order valence-electron chi connectivity index (χ3n) is 5.32. The summed E-state index contributed by atoms with van der Waals surface area (Å²) in [4.78, 5) is 24.7. The quantitative estimate of drug-likeness (QED) is 0.297. The van der Waals surface area contributed by atoms with E-state index in [0.29, 0.717) is 28.8 Å². The van der Waals surface area contributed by atoms with E-state index in [2.05, 4.69) is 32.7 Å². The molecular weight excluding hydrogens is 426 g/mol. The number of nitrogens with one attached hydrogen (secondary N) is 3. The lowest BCUT2D eigenvalue weighted by molar-refractivity contribution is 0.0948. The van der Waals surface area contributed by atoms with Crippen LogP contribution in [-0.2, 0) is 6.42 Å². The lowest BCUT2D eigenvalue weighted by Crippen LogP contribution is -2.24. The van der Waals surface area contributed by atoms with Crippen LogP contribution in [0.2, 0.25) is 0 Å². The van der Waals surface area contributed by atoms with Crippen LogP contribution in [0.15, 0.2) is 79.4 Å². The smallest absolute Gasteiger partial charge is 0.251 e. The van der Waals surface area contributed by atoms with Gasteiger partial charge in [0, 0.05) is 54.4 Å². The minimum Gasteiger partial charge on any atom is -0.355 e. The van der Waals surface area contributed by atoms with Crippen LogP contribution in [0.25, 0.3) is 5.69 Å². The summed E-state index contributed by atoms with van der Waals surface area (Å²) in [6.45, 7) is 0.566. The van der Waals surface area contributed by atoms with Gasteiger partial charge in [0.25, 0.3) is 11.8 Å². The molecule has 0 saturated carbocycles. The summed E-state index contributed by atoms with van der Waals surface area (Å²) in [7, 11) is 1.60. The number of aromatic nitrogens is 3. The maximum Gasteiger partial charge on any atom is 0.251 e. The fourth-order valence-corrected chi connectivity index (χ4v) is 3.53. The molecule has 3 N–H and O–H groups in total. The monoisotopic (exact) mass is 451 g/mol. The van der Waals surface area contributed by atoms with Crippen LogP contribution in [0.1, 0.15) is 43.8 Å². The van der Waals surface area contributed by atoms with E-state index in [-0.39, 0.29) is 11.8 Å². The van der Waals surface area contributed by atoms with Crippen LogP contribution in [0, 0.1) is 11.8 Å². The second-order valence-electron chi connectivity index (χ2n) is 7.70. The molecule has 170 valence electrons. The van der Waals surface area contributed by atoms with Gasteiger partial charge in [0.15, 0.2) is 0 Å². The third-order valence-corrected chi connectivity index (χ3v) is 5.32. The number of H-pyrrole nitrogens is 1. The molecule has 0 bridgehead atoms. The number of aryl methyl sites for hydroxylation is 1. The number of nitrogens with zero attached hydrogens (tertiary/aromatic N) is 2. The molecule has 2 heterocycles. The molecule has 2 amide bonds. The largest absolute Gasteiger partial charge is 0.355 e. The Labute approximate surface area is 198 Å². The van der Waals surface area contributed by atoms with Crippen LogP contribution < -0.4 is 10.6 Å². The number of benzene rings is 2. The van der Waals surface area contributed by atoms with Gasteiger partial charge in [-0.25, -0.2) is 0 Å². The highest BCUT2D eigenvalue weighted by atomic mass is 16.2. The lowest BCUT2D eigenvalue weighted by Gasteiger charge is -2.10. The van der Waals surface area contributed by atoms with E-state index < -0.39 is 0 Å². The first kappa shape index (κ1) is 22.6. The summed E-state index contributed by atoms with van der Waals surface area (Å²) in [6.07, 6.45) is 9.18. The Kier molecular flexibility index (Phi) is 7.21. The summed E-state index contributed by atoms with van der Waals surface area (Å²) in [6, 6.07) is 16.5. The van der Waals surface area contributed by atoms with Crippen molar-refractivity contribution in [3.05, 3.63) is 107 Å². The van der Waals surface area contributed by atoms with Gasteiger partial charge in [0.2, 0.25) is 0 Å². The molecular formula is C27H25N5O2. The topological polar surface area (TPSA) is 91.8 Å². The molecule has 0 spiro atoms. The Morgan fingerprint density at radius 1 is 1.00 bits per heavy atom. The van der Waals surface area contributed by atoms with Gasteiger partial charge in [-0.3, -0.25) is 14.7 Å². The SMILES string of the molecule is CNC(=O)c1cccc(C#Cc2cc(C(=O)NCCCc3cn[nH]c3)ccc2-n2cccc2)c1. The fraction of sp³-hybridized carbons (Fsp3) is 0.148. The predicted molar refractivity (Wildman–Crippen MR) is 131 cm³/mol. The molecule has 0 saturated heterocycles. The molecule has 2 aromatic heterocycles. The average Bonchev–Trinajstić information content (AvgIpc) is 3.59. The van der Waals surface area contributed by atoms with Gasteiger partial charge in [-0.2, -0.15) is 5.10 Å². The van der Waals surface area contributed by atoms with Crippen LogP contribution in [-0.4, -0.2) is 40.2 Å². The van der Waals surface area contributed by atoms with Crippen LogP contribution in [0.4, 0.5) is 0 Å². The first-order chi connectivity index (χ1) is 16.6. The molecule has 0 aliphatic carbocycles. The Morgan fingerprint density at radius 3 is 2.59 bits per heavy atom. The first-order valence-corrected chi connectivity index (χ1v) is 11.0. The van der Waals surface area contributed by atoms with Crippen molar-refractivity contribution in [2.45, 2.75) is 12.8 Å². The standard InChI is InChI=1S/C27H25N5O2/c1-28-26(33)23-8-4-6-20(16-23)9-10-22-17-24(11-12-25(22)32-14-2-3-15-32)27(34)29-13-5-7-21-18-30-31-19-21/h2-4,6,8,11-12,14-19H,5,7,13H2,1H3,(H,28,33)(H,29,34)(H,30,31). The molecule has 0 aliphatic rings. The van der Waals surface area contributed by atoms with E-state index in [1.807, 2.05) is 47.4 Å². The van der Waals surface area contributed by atoms with Gasteiger partial charge in [0.05, 0.1) is 11.9 Å². The molecule has 0 radical (unpaired) electrons. The number of rotatable bonds is 7. The summed E-state index contributed by atoms with van der Waals surface area (Å²) in [5.41, 5.74) is 4.51. The van der Waals surface area contributed by atoms with Crippen molar-refractivity contribution in [3.63, 3.8) is 0 Å². The Bertz CT molecular complexity index is 1330. The molecule has 0 atom stereocenters. The van der Waals surface area contributed by atoms with Crippen LogP contribution in [0.3, 0.4) is 0 Å². The molecule has 0 unspecified atom stereocenters. The van der Waals surface area contributed by atoms with Crippen molar-refractivity contribution in [1.82, 2.24) is 25.4 Å². The highest BCUT2D eigenvalue weighted by molar-refractivity contribution is 5.95. The Hall–Kier alpha value is -4.57. The Balaban J connectivity index is 1.54. The van der Waals surface area contributed by atoms with E-state index in [1.165, 1.54) is 0 Å². The van der Waals surface area contributed by atoms with Crippen molar-refractivity contribution in [2.24, 2.45) is 0 Å². The highest BCUT2D eigenvalue weighted by Gasteiger charge is 2.10. The zero-order valence-electron chi connectivity index (χ0n) is 18.8. The number of hydrogen-bond acceptors (Lipinski definition) is 3. The minimum atomic E-state index is -0.164. The molecule has 4 aromatic rings. The minimum absolute atomic E-state index is 0.143. The van der Waals surface area contributed by atoms with E-state index in [1.54, 1.807) is 43.6 Å². The van der Waals surface area contributed by atoms with Gasteiger partial charge in [-0.1, -0.05) is 17.9 Å². The molecule has 0 fully saturated rings. The summed E-state index contributed by atoms with van der Waals surface area (Å²) in [5, 5.41) is 12.3. The number of carbonyl (C=O) groups excluding carboxylic acids is 2.